The maximum Gasteiger partial charge on any atom is 0.255 e. The number of rotatable bonds is 2. The summed E-state index contributed by atoms with van der Waals surface area (Å²) in [6.45, 7) is 0.876. The third-order valence-electron chi connectivity index (χ3n) is 5.85. The lowest BCUT2D eigenvalue weighted by molar-refractivity contribution is -0.138. The molecule has 1 aromatic carbocycles. The van der Waals surface area contributed by atoms with E-state index in [1.165, 1.54) is 12.3 Å². The van der Waals surface area contributed by atoms with E-state index in [0.717, 1.165) is 11.8 Å². The van der Waals surface area contributed by atoms with E-state index in [2.05, 4.69) is 4.98 Å². The molecule has 2 amide bonds. The monoisotopic (exact) mass is 367 g/mol. The summed E-state index contributed by atoms with van der Waals surface area (Å²) in [5.74, 6) is -0.883. The van der Waals surface area contributed by atoms with E-state index in [1.807, 2.05) is 35.2 Å². The maximum atomic E-state index is 13.5. The van der Waals surface area contributed by atoms with Gasteiger partial charge in [0.15, 0.2) is 5.72 Å². The first-order chi connectivity index (χ1) is 13.1. The van der Waals surface area contributed by atoms with E-state index in [0.29, 0.717) is 19.6 Å². The van der Waals surface area contributed by atoms with Crippen LogP contribution >= 0.6 is 0 Å². The van der Waals surface area contributed by atoms with Gasteiger partial charge in [0.25, 0.3) is 5.91 Å². The Morgan fingerprint density at radius 2 is 2.07 bits per heavy atom. The average Bonchev–Trinajstić information content (AvgIpc) is 3.31. The largest absolute Gasteiger partial charge is 0.351 e. The molecular weight excluding hydrogens is 349 g/mol. The molecule has 7 heteroatoms. The molecule has 0 bridgehead atoms. The SMILES string of the molecule is O=C(c1cncc(F)c1)N1CC[C@@]23OC[C@@H](c4ccccc4)N2C(=O)C[C@@H]13. The highest BCUT2D eigenvalue weighted by Crippen LogP contribution is 2.51. The lowest BCUT2D eigenvalue weighted by Gasteiger charge is -2.33. The van der Waals surface area contributed by atoms with Crippen molar-refractivity contribution in [2.75, 3.05) is 13.2 Å². The predicted molar refractivity (Wildman–Crippen MR) is 93.0 cm³/mol. The summed E-state index contributed by atoms with van der Waals surface area (Å²) in [5.41, 5.74) is 0.437. The highest BCUT2D eigenvalue weighted by Gasteiger charge is 2.65. The molecule has 2 aromatic rings. The summed E-state index contributed by atoms with van der Waals surface area (Å²) in [6, 6.07) is 10.5. The normalized spacial score (nSPS) is 29.1. The fraction of sp³-hybridized carbons (Fsp3) is 0.350. The third-order valence-corrected chi connectivity index (χ3v) is 5.85. The molecule has 3 fully saturated rings. The second kappa shape index (κ2) is 5.85. The van der Waals surface area contributed by atoms with Gasteiger partial charge in [0.1, 0.15) is 5.82 Å². The molecule has 4 heterocycles. The molecule has 27 heavy (non-hydrogen) atoms. The molecule has 138 valence electrons. The second-order valence-electron chi connectivity index (χ2n) is 7.21. The van der Waals surface area contributed by atoms with Crippen LogP contribution < -0.4 is 0 Å². The van der Waals surface area contributed by atoms with Crippen LogP contribution in [0, 0.1) is 5.82 Å². The van der Waals surface area contributed by atoms with Crippen LogP contribution in [0.15, 0.2) is 48.8 Å². The fourth-order valence-corrected chi connectivity index (χ4v) is 4.70. The number of carbonyl (C=O) groups excluding carboxylic acids is 2. The van der Waals surface area contributed by atoms with Crippen molar-refractivity contribution >= 4 is 11.8 Å². The molecule has 0 radical (unpaired) electrons. The zero-order valence-electron chi connectivity index (χ0n) is 14.5. The van der Waals surface area contributed by atoms with Gasteiger partial charge in [-0.15, -0.1) is 0 Å². The van der Waals surface area contributed by atoms with Crippen molar-refractivity contribution in [1.29, 1.82) is 0 Å². The van der Waals surface area contributed by atoms with Crippen molar-refractivity contribution in [3.8, 4) is 0 Å². The first-order valence-electron chi connectivity index (χ1n) is 9.03. The van der Waals surface area contributed by atoms with Crippen LogP contribution in [0.5, 0.6) is 0 Å². The summed E-state index contributed by atoms with van der Waals surface area (Å²) in [4.78, 5) is 33.0. The molecule has 0 aliphatic carbocycles. The van der Waals surface area contributed by atoms with Crippen LogP contribution in [0.2, 0.25) is 0 Å². The van der Waals surface area contributed by atoms with E-state index in [-0.39, 0.29) is 35.9 Å². The van der Waals surface area contributed by atoms with Gasteiger partial charge in [0, 0.05) is 19.2 Å². The Hall–Kier alpha value is -2.80. The molecule has 0 unspecified atom stereocenters. The molecule has 3 aliphatic heterocycles. The van der Waals surface area contributed by atoms with Gasteiger partial charge in [-0.1, -0.05) is 30.3 Å². The van der Waals surface area contributed by atoms with Gasteiger partial charge in [0.2, 0.25) is 5.91 Å². The van der Waals surface area contributed by atoms with Gasteiger partial charge in [-0.25, -0.2) is 4.39 Å². The van der Waals surface area contributed by atoms with Crippen molar-refractivity contribution in [1.82, 2.24) is 14.8 Å². The number of likely N-dealkylation sites (tertiary alicyclic amines) is 1. The minimum atomic E-state index is -0.784. The maximum absolute atomic E-state index is 13.5. The summed E-state index contributed by atoms with van der Waals surface area (Å²) < 4.78 is 19.7. The summed E-state index contributed by atoms with van der Waals surface area (Å²) in [6.07, 6.45) is 3.19. The minimum absolute atomic E-state index is 0.0128. The number of aromatic nitrogens is 1. The topological polar surface area (TPSA) is 62.7 Å². The smallest absolute Gasteiger partial charge is 0.255 e. The number of nitrogens with zero attached hydrogens (tertiary/aromatic N) is 3. The van der Waals surface area contributed by atoms with Crippen LogP contribution in [0.4, 0.5) is 4.39 Å². The fourth-order valence-electron chi connectivity index (χ4n) is 4.70. The van der Waals surface area contributed by atoms with E-state index < -0.39 is 11.5 Å². The van der Waals surface area contributed by atoms with Crippen molar-refractivity contribution in [3.63, 3.8) is 0 Å². The van der Waals surface area contributed by atoms with Crippen molar-refractivity contribution in [3.05, 3.63) is 65.7 Å². The average molecular weight is 367 g/mol. The van der Waals surface area contributed by atoms with E-state index in [1.54, 1.807) is 4.90 Å². The van der Waals surface area contributed by atoms with Crippen molar-refractivity contribution < 1.29 is 18.7 Å². The number of carbonyl (C=O) groups is 2. The predicted octanol–water partition coefficient (Wildman–Crippen LogP) is 2.14. The van der Waals surface area contributed by atoms with Crippen LogP contribution in [0.3, 0.4) is 0 Å². The molecule has 6 nitrogen and oxygen atoms in total. The molecule has 5 rings (SSSR count). The summed E-state index contributed by atoms with van der Waals surface area (Å²) in [7, 11) is 0. The molecule has 3 atom stereocenters. The molecule has 1 spiro atoms. The van der Waals surface area contributed by atoms with Crippen LogP contribution in [0.1, 0.15) is 34.8 Å². The molecule has 0 saturated carbocycles. The van der Waals surface area contributed by atoms with Gasteiger partial charge >= 0.3 is 0 Å². The van der Waals surface area contributed by atoms with Crippen molar-refractivity contribution in [2.24, 2.45) is 0 Å². The van der Waals surface area contributed by atoms with Gasteiger partial charge < -0.3 is 14.5 Å². The number of amides is 2. The van der Waals surface area contributed by atoms with E-state index in [4.69, 9.17) is 4.74 Å². The van der Waals surface area contributed by atoms with E-state index >= 15 is 0 Å². The molecule has 3 aliphatic rings. The lowest BCUT2D eigenvalue weighted by Crippen LogP contribution is -2.49. The Bertz CT molecular complexity index is 922. The molecule has 3 saturated heterocycles. The number of benzene rings is 1. The van der Waals surface area contributed by atoms with Gasteiger partial charge in [-0.2, -0.15) is 0 Å². The van der Waals surface area contributed by atoms with Crippen LogP contribution in [0.25, 0.3) is 0 Å². The Balaban J connectivity index is 1.47. The lowest BCUT2D eigenvalue weighted by atomic mass is 10.0. The molecular formula is C20H18FN3O3. The van der Waals surface area contributed by atoms with Crippen LogP contribution in [-0.4, -0.2) is 51.5 Å². The van der Waals surface area contributed by atoms with Crippen molar-refractivity contribution in [2.45, 2.75) is 30.7 Å². The van der Waals surface area contributed by atoms with Gasteiger partial charge in [-0.05, 0) is 11.6 Å². The Labute approximate surface area is 155 Å². The number of hydrogen-bond donors (Lipinski definition) is 0. The second-order valence-corrected chi connectivity index (χ2v) is 7.21. The van der Waals surface area contributed by atoms with Gasteiger partial charge in [0.05, 0.1) is 36.9 Å². The Morgan fingerprint density at radius 3 is 2.85 bits per heavy atom. The Morgan fingerprint density at radius 1 is 1.26 bits per heavy atom. The number of ether oxygens (including phenoxy) is 1. The zero-order chi connectivity index (χ0) is 18.6. The number of hydrogen-bond acceptors (Lipinski definition) is 4. The molecule has 1 aromatic heterocycles. The summed E-state index contributed by atoms with van der Waals surface area (Å²) in [5, 5.41) is 0. The highest BCUT2D eigenvalue weighted by molar-refractivity contribution is 5.95. The quantitative estimate of drug-likeness (QED) is 0.816. The standard InChI is InChI=1S/C20H18FN3O3/c21-15-8-14(10-22-11-15)19(26)23-7-6-20-17(23)9-18(25)24(20)16(12-27-20)13-4-2-1-3-5-13/h1-5,8,10-11,16-17H,6-7,9,12H2/t16-,17+,20-/m0/s1. The third kappa shape index (κ3) is 2.31. The highest BCUT2D eigenvalue weighted by atomic mass is 19.1. The van der Waals surface area contributed by atoms with E-state index in [9.17, 15) is 14.0 Å². The first-order valence-corrected chi connectivity index (χ1v) is 9.03. The number of pyridine rings is 1. The Kier molecular flexibility index (Phi) is 3.55. The zero-order valence-corrected chi connectivity index (χ0v) is 14.5. The minimum Gasteiger partial charge on any atom is -0.351 e. The summed E-state index contributed by atoms with van der Waals surface area (Å²) >= 11 is 0. The first kappa shape index (κ1) is 16.4. The number of halogens is 1. The van der Waals surface area contributed by atoms with Crippen LogP contribution in [-0.2, 0) is 9.53 Å². The molecule has 0 N–H and O–H groups in total. The van der Waals surface area contributed by atoms with Gasteiger partial charge in [-0.3, -0.25) is 14.6 Å².